The van der Waals surface area contributed by atoms with Gasteiger partial charge in [0, 0.05) is 42.6 Å². The van der Waals surface area contributed by atoms with Crippen molar-refractivity contribution in [1.82, 2.24) is 21.2 Å². The van der Waals surface area contributed by atoms with Crippen LogP contribution in [0.15, 0.2) is 18.2 Å². The van der Waals surface area contributed by atoms with Crippen LogP contribution in [0.5, 0.6) is 0 Å². The Bertz CT molecular complexity index is 899. The summed E-state index contributed by atoms with van der Waals surface area (Å²) in [5.74, 6) is -0.921. The van der Waals surface area contributed by atoms with Gasteiger partial charge in [-0.25, -0.2) is 0 Å². The van der Waals surface area contributed by atoms with Crippen molar-refractivity contribution in [2.75, 3.05) is 13.2 Å². The molecular formula is C21H28N4O4. The van der Waals surface area contributed by atoms with Gasteiger partial charge < -0.3 is 15.0 Å². The maximum Gasteiger partial charge on any atom is 0.242 e. The molecule has 1 aliphatic heterocycles. The molecule has 1 saturated heterocycles. The van der Waals surface area contributed by atoms with Gasteiger partial charge in [0.15, 0.2) is 0 Å². The number of aromatic nitrogens is 1. The first-order chi connectivity index (χ1) is 13.9. The first-order valence-corrected chi connectivity index (χ1v) is 9.96. The number of carbonyl (C=O) groups excluding carboxylic acids is 3. The largest absolute Gasteiger partial charge is 0.376 e. The van der Waals surface area contributed by atoms with Crippen LogP contribution in [0.4, 0.5) is 0 Å². The molecule has 29 heavy (non-hydrogen) atoms. The second-order valence-corrected chi connectivity index (χ2v) is 7.49. The van der Waals surface area contributed by atoms with Gasteiger partial charge in [-0.3, -0.25) is 25.2 Å². The molecule has 0 saturated carbocycles. The third-order valence-electron chi connectivity index (χ3n) is 5.08. The van der Waals surface area contributed by atoms with E-state index >= 15 is 0 Å². The van der Waals surface area contributed by atoms with Crippen LogP contribution in [0.25, 0.3) is 10.9 Å². The van der Waals surface area contributed by atoms with Crippen LogP contribution in [0.2, 0.25) is 0 Å². The molecule has 2 aromatic rings. The van der Waals surface area contributed by atoms with Gasteiger partial charge in [-0.15, -0.1) is 0 Å². The molecule has 3 amide bonds. The molecule has 1 aromatic heterocycles. The zero-order valence-corrected chi connectivity index (χ0v) is 16.9. The lowest BCUT2D eigenvalue weighted by Crippen LogP contribution is -2.42. The molecule has 0 aliphatic carbocycles. The van der Waals surface area contributed by atoms with Gasteiger partial charge >= 0.3 is 0 Å². The van der Waals surface area contributed by atoms with Crippen molar-refractivity contribution in [2.45, 2.75) is 52.1 Å². The zero-order valence-electron chi connectivity index (χ0n) is 16.9. The van der Waals surface area contributed by atoms with Gasteiger partial charge in [-0.05, 0) is 44.4 Å². The normalized spacial score (nSPS) is 16.0. The fraction of sp³-hybridized carbons (Fsp3) is 0.476. The minimum atomic E-state index is -0.405. The van der Waals surface area contributed by atoms with E-state index in [9.17, 15) is 14.4 Å². The lowest BCUT2D eigenvalue weighted by Gasteiger charge is -2.11. The lowest BCUT2D eigenvalue weighted by atomic mass is 10.1. The van der Waals surface area contributed by atoms with Crippen molar-refractivity contribution in [1.29, 1.82) is 0 Å². The molecule has 1 aliphatic rings. The third kappa shape index (κ3) is 5.80. The van der Waals surface area contributed by atoms with Crippen LogP contribution in [0.1, 0.15) is 42.5 Å². The van der Waals surface area contributed by atoms with Crippen LogP contribution in [-0.2, 0) is 25.5 Å². The number of fused-ring (bicyclic) bond motifs is 1. The molecule has 1 atom stereocenters. The smallest absolute Gasteiger partial charge is 0.242 e. The predicted molar refractivity (Wildman–Crippen MR) is 109 cm³/mol. The summed E-state index contributed by atoms with van der Waals surface area (Å²) < 4.78 is 5.43. The van der Waals surface area contributed by atoms with Gasteiger partial charge in [0.25, 0.3) is 0 Å². The number of hydrogen-bond donors (Lipinski definition) is 4. The highest BCUT2D eigenvalue weighted by Crippen LogP contribution is 2.23. The molecule has 0 radical (unpaired) electrons. The van der Waals surface area contributed by atoms with E-state index < -0.39 is 5.91 Å². The molecule has 156 valence electrons. The number of hydrogen-bond acceptors (Lipinski definition) is 4. The summed E-state index contributed by atoms with van der Waals surface area (Å²) in [5, 5.41) is 3.77. The molecule has 4 N–H and O–H groups in total. The summed E-state index contributed by atoms with van der Waals surface area (Å²) in [6, 6.07) is 6.04. The van der Waals surface area contributed by atoms with Gasteiger partial charge in [-0.1, -0.05) is 11.6 Å². The van der Waals surface area contributed by atoms with Crippen molar-refractivity contribution in [3.05, 3.63) is 35.0 Å². The fourth-order valence-corrected chi connectivity index (χ4v) is 3.48. The summed E-state index contributed by atoms with van der Waals surface area (Å²) in [7, 11) is 0. The average Bonchev–Trinajstić information content (AvgIpc) is 3.31. The van der Waals surface area contributed by atoms with Crippen LogP contribution in [0.3, 0.4) is 0 Å². The Morgan fingerprint density at radius 3 is 2.62 bits per heavy atom. The number of carbonyl (C=O) groups is 3. The van der Waals surface area contributed by atoms with E-state index in [-0.39, 0.29) is 37.2 Å². The van der Waals surface area contributed by atoms with Gasteiger partial charge in [0.05, 0.1) is 12.5 Å². The van der Waals surface area contributed by atoms with Gasteiger partial charge in [0.1, 0.15) is 0 Å². The van der Waals surface area contributed by atoms with E-state index in [4.69, 9.17) is 4.74 Å². The molecule has 1 aromatic carbocycles. The van der Waals surface area contributed by atoms with Crippen LogP contribution >= 0.6 is 0 Å². The minimum Gasteiger partial charge on any atom is -0.376 e. The Hall–Kier alpha value is -2.87. The molecular weight excluding hydrogens is 372 g/mol. The summed E-state index contributed by atoms with van der Waals surface area (Å²) in [4.78, 5) is 39.2. The molecule has 1 fully saturated rings. The van der Waals surface area contributed by atoms with Crippen molar-refractivity contribution in [2.24, 2.45) is 0 Å². The van der Waals surface area contributed by atoms with Crippen molar-refractivity contribution < 1.29 is 19.1 Å². The maximum absolute atomic E-state index is 12.3. The summed E-state index contributed by atoms with van der Waals surface area (Å²) in [5.41, 5.74) is 8.72. The monoisotopic (exact) mass is 400 g/mol. The number of H-pyrrole nitrogens is 1. The van der Waals surface area contributed by atoms with Crippen molar-refractivity contribution >= 4 is 28.6 Å². The summed E-state index contributed by atoms with van der Waals surface area (Å²) in [6.07, 6.45) is 2.25. The third-order valence-corrected chi connectivity index (χ3v) is 5.08. The van der Waals surface area contributed by atoms with E-state index in [0.29, 0.717) is 6.54 Å². The quantitative estimate of drug-likeness (QED) is 0.528. The van der Waals surface area contributed by atoms with Crippen LogP contribution < -0.4 is 16.2 Å². The van der Waals surface area contributed by atoms with Crippen LogP contribution in [0, 0.1) is 13.8 Å². The molecule has 0 unspecified atom stereocenters. The maximum atomic E-state index is 12.3. The number of benzene rings is 1. The molecule has 8 nitrogen and oxygen atoms in total. The van der Waals surface area contributed by atoms with E-state index in [2.05, 4.69) is 21.2 Å². The zero-order chi connectivity index (χ0) is 20.8. The standard InChI is InChI=1S/C21H28N4O4/c1-13-5-6-18-17(10-13)16(14(2)23-18)11-21(28)25-24-20(27)8-7-19(26)22-12-15-4-3-9-29-15/h5-6,10,15,23H,3-4,7-9,11-12H2,1-2H3,(H,22,26)(H,24,27)(H,25,28)/t15-/m0/s1. The highest BCUT2D eigenvalue weighted by atomic mass is 16.5. The van der Waals surface area contributed by atoms with Crippen molar-refractivity contribution in [3.8, 4) is 0 Å². The first kappa shape index (κ1) is 20.9. The Balaban J connectivity index is 1.40. The second-order valence-electron chi connectivity index (χ2n) is 7.49. The number of aryl methyl sites for hydroxylation is 2. The molecule has 2 heterocycles. The second kappa shape index (κ2) is 9.56. The van der Waals surface area contributed by atoms with E-state index in [1.807, 2.05) is 32.0 Å². The number of ether oxygens (including phenoxy) is 1. The molecule has 0 bridgehead atoms. The topological polar surface area (TPSA) is 112 Å². The SMILES string of the molecule is Cc1ccc2[nH]c(C)c(CC(=O)NNC(=O)CCC(=O)NC[C@@H]3CCCO3)c2c1. The minimum absolute atomic E-state index is 0.00292. The number of aromatic amines is 1. The Morgan fingerprint density at radius 1 is 1.10 bits per heavy atom. The summed E-state index contributed by atoms with van der Waals surface area (Å²) >= 11 is 0. The predicted octanol–water partition coefficient (Wildman–Crippen LogP) is 1.55. The number of nitrogens with one attached hydrogen (secondary N) is 4. The van der Waals surface area contributed by atoms with E-state index in [1.54, 1.807) is 0 Å². The Kier molecular flexibility index (Phi) is 6.87. The van der Waals surface area contributed by atoms with Crippen molar-refractivity contribution in [3.63, 3.8) is 0 Å². The Morgan fingerprint density at radius 2 is 1.86 bits per heavy atom. The highest BCUT2D eigenvalue weighted by Gasteiger charge is 2.17. The van der Waals surface area contributed by atoms with E-state index in [0.717, 1.165) is 47.2 Å². The van der Waals surface area contributed by atoms with E-state index in [1.165, 1.54) is 0 Å². The highest BCUT2D eigenvalue weighted by molar-refractivity contribution is 5.91. The number of hydrazine groups is 1. The first-order valence-electron chi connectivity index (χ1n) is 9.96. The van der Waals surface area contributed by atoms with Gasteiger partial charge in [0.2, 0.25) is 17.7 Å². The molecule has 3 rings (SSSR count). The number of amides is 3. The molecule has 8 heteroatoms. The lowest BCUT2D eigenvalue weighted by molar-refractivity contribution is -0.130. The summed E-state index contributed by atoms with van der Waals surface area (Å²) in [6.45, 7) is 5.13. The fourth-order valence-electron chi connectivity index (χ4n) is 3.48. The Labute approximate surface area is 169 Å². The molecule has 0 spiro atoms. The van der Waals surface area contributed by atoms with Crippen LogP contribution in [-0.4, -0.2) is 42.0 Å². The number of rotatable bonds is 7. The average molecular weight is 400 g/mol. The van der Waals surface area contributed by atoms with Gasteiger partial charge in [-0.2, -0.15) is 0 Å².